The van der Waals surface area contributed by atoms with E-state index in [0.717, 1.165) is 12.0 Å². The van der Waals surface area contributed by atoms with Gasteiger partial charge in [0.1, 0.15) is 38.3 Å². The number of fused-ring (bicyclic) bond motifs is 1. The third-order valence-corrected chi connectivity index (χ3v) is 15.3. The Bertz CT molecular complexity index is 3320. The van der Waals surface area contributed by atoms with Crippen LogP contribution in [0.15, 0.2) is 143 Å². The van der Waals surface area contributed by atoms with Gasteiger partial charge in [-0.3, -0.25) is 19.1 Å². The Balaban J connectivity index is 0.000000178. The van der Waals surface area contributed by atoms with Gasteiger partial charge in [-0.25, -0.2) is 17.6 Å². The molecule has 9 rings (SSSR count). The van der Waals surface area contributed by atoms with Crippen LogP contribution in [0.25, 0.3) is 0 Å². The van der Waals surface area contributed by atoms with Gasteiger partial charge in [-0.05, 0) is 118 Å². The zero-order valence-electron chi connectivity index (χ0n) is 45.7. The Morgan fingerprint density at radius 2 is 1.15 bits per heavy atom. The van der Waals surface area contributed by atoms with Crippen LogP contribution >= 0.6 is 46.4 Å². The summed E-state index contributed by atoms with van der Waals surface area (Å²) in [7, 11) is 1.52. The second-order valence-corrected chi connectivity index (χ2v) is 23.8. The lowest BCUT2D eigenvalue weighted by atomic mass is 9.86. The molecule has 3 aliphatic rings. The summed E-state index contributed by atoms with van der Waals surface area (Å²) in [6.07, 6.45) is 0.326. The molecule has 20 heteroatoms. The van der Waals surface area contributed by atoms with E-state index in [0.29, 0.717) is 34.2 Å². The SMILES string of the molecule is CC1(C)[C@H](C=C(Cl)Cl)[C@@H]1C(=O)O[C@@H](C#N)c1ccc(F)c(Oc2ccccc2)c1.CC1(C)[C@H](C=C(Cl)Cl)[C@H]1C(=O)O[C@@H](C#N)c1ccc(F)c(Oc2ccccc2)c1.CC1CC(C)(C)c2cccc(NC(=O)c3cn(C)nc3C(F)F)c21. The summed E-state index contributed by atoms with van der Waals surface area (Å²) < 4.78 is 77.7. The minimum absolute atomic E-state index is 0.0396. The lowest BCUT2D eigenvalue weighted by Crippen LogP contribution is -2.16. The fourth-order valence-corrected chi connectivity index (χ4v) is 11.0. The van der Waals surface area contributed by atoms with E-state index in [1.807, 2.05) is 64.1 Å². The van der Waals surface area contributed by atoms with Crippen molar-refractivity contribution in [1.82, 2.24) is 9.78 Å². The zero-order valence-corrected chi connectivity index (χ0v) is 48.7. The number of ether oxygens (including phenoxy) is 4. The third-order valence-electron chi connectivity index (χ3n) is 14.8. The standard InChI is InChI=1S/2C22H18Cl2FNO3.C18H21F2N3O/c2*1-22(2)15(11-19(23)24)20(22)21(27)29-18(12-26)13-8-9-16(25)17(10-13)28-14-6-4-3-5-7-14;1-10-8-18(2,3)12-6-5-7-13(14(10)12)21-17(24)11-9-23(4)22-15(11)16(19)20/h2*3-11,15,18,20H,1-2H3;5-7,9-10,16H,8H2,1-4H3,(H,21,24)/t15-,18+,20+;15-,18+,20-;/m11./s1. The van der Waals surface area contributed by atoms with E-state index in [1.54, 1.807) is 60.7 Å². The molecule has 82 heavy (non-hydrogen) atoms. The number of carbonyl (C=O) groups excluding carboxylic acids is 3. The Kier molecular flexibility index (Phi) is 19.6. The maximum atomic E-state index is 14.2. The summed E-state index contributed by atoms with van der Waals surface area (Å²) in [5, 5.41) is 25.5. The molecule has 428 valence electrons. The number of nitrogens with zero attached hydrogens (tertiary/aromatic N) is 4. The number of aromatic nitrogens is 2. The monoisotopic (exact) mass is 1200 g/mol. The largest absolute Gasteiger partial charge is 0.454 e. The first kappa shape index (κ1) is 62.3. The number of allylic oxidation sites excluding steroid dienone is 2. The minimum atomic E-state index is -2.79. The van der Waals surface area contributed by atoms with Crippen LogP contribution in [0.4, 0.5) is 23.2 Å². The van der Waals surface area contributed by atoms with E-state index >= 15 is 0 Å². The molecule has 0 saturated heterocycles. The van der Waals surface area contributed by atoms with Gasteiger partial charge in [-0.15, -0.1) is 0 Å². The maximum absolute atomic E-state index is 14.2. The number of anilines is 1. The molecule has 0 bridgehead atoms. The number of esters is 2. The van der Waals surface area contributed by atoms with Crippen molar-refractivity contribution in [1.29, 1.82) is 10.5 Å². The quantitative estimate of drug-likeness (QED) is 0.0772. The van der Waals surface area contributed by atoms with Gasteiger partial charge in [0.2, 0.25) is 12.2 Å². The smallest absolute Gasteiger partial charge is 0.311 e. The molecule has 1 aromatic heterocycles. The predicted octanol–water partition coefficient (Wildman–Crippen LogP) is 17.0. The van der Waals surface area contributed by atoms with Crippen molar-refractivity contribution in [3.8, 4) is 35.1 Å². The average molecular weight is 1200 g/mol. The average Bonchev–Trinajstić information content (AvgIpc) is 2.70. The molecule has 0 spiro atoms. The Morgan fingerprint density at radius 1 is 0.695 bits per heavy atom. The highest BCUT2D eigenvalue weighted by Gasteiger charge is 2.63. The van der Waals surface area contributed by atoms with Crippen LogP contribution in [0.1, 0.15) is 118 Å². The first-order valence-corrected chi connectivity index (χ1v) is 27.3. The van der Waals surface area contributed by atoms with Gasteiger partial charge >= 0.3 is 11.9 Å². The molecule has 5 aromatic carbocycles. The van der Waals surface area contributed by atoms with E-state index in [2.05, 4.69) is 37.3 Å². The molecule has 1 N–H and O–H groups in total. The van der Waals surface area contributed by atoms with Crippen molar-refractivity contribution in [3.05, 3.63) is 188 Å². The van der Waals surface area contributed by atoms with Gasteiger partial charge in [0.15, 0.2) is 23.1 Å². The summed E-state index contributed by atoms with van der Waals surface area (Å²) in [5.41, 5.74) is 2.32. The van der Waals surface area contributed by atoms with Crippen molar-refractivity contribution >= 4 is 69.9 Å². The highest BCUT2D eigenvalue weighted by atomic mass is 35.5. The molecule has 0 radical (unpaired) electrons. The van der Waals surface area contributed by atoms with Crippen LogP contribution < -0.4 is 14.8 Å². The second-order valence-electron chi connectivity index (χ2n) is 21.8. The van der Waals surface area contributed by atoms with Crippen molar-refractivity contribution in [2.45, 2.75) is 84.9 Å². The number of hydrogen-bond donors (Lipinski definition) is 1. The number of halogens is 8. The van der Waals surface area contributed by atoms with E-state index in [-0.39, 0.29) is 54.1 Å². The van der Waals surface area contributed by atoms with E-state index in [1.165, 1.54) is 59.9 Å². The molecule has 1 heterocycles. The van der Waals surface area contributed by atoms with Gasteiger partial charge < -0.3 is 24.3 Å². The zero-order chi connectivity index (χ0) is 60.0. The molecule has 2 fully saturated rings. The van der Waals surface area contributed by atoms with Crippen molar-refractivity contribution in [3.63, 3.8) is 0 Å². The van der Waals surface area contributed by atoms with Crippen LogP contribution in [-0.4, -0.2) is 27.6 Å². The van der Waals surface area contributed by atoms with E-state index in [9.17, 15) is 42.5 Å². The van der Waals surface area contributed by atoms with Crippen molar-refractivity contribution in [2.75, 3.05) is 5.32 Å². The minimum Gasteiger partial charge on any atom is -0.454 e. The van der Waals surface area contributed by atoms with Gasteiger partial charge in [0, 0.05) is 30.1 Å². The molecule has 1 amide bonds. The van der Waals surface area contributed by atoms with E-state index < -0.39 is 65.6 Å². The summed E-state index contributed by atoms with van der Waals surface area (Å²) in [4.78, 5) is 37.7. The van der Waals surface area contributed by atoms with E-state index in [4.69, 9.17) is 65.4 Å². The summed E-state index contributed by atoms with van der Waals surface area (Å²) in [6, 6.07) is 34.9. The van der Waals surface area contributed by atoms with Gasteiger partial charge in [0.05, 0.1) is 17.4 Å². The van der Waals surface area contributed by atoms with Gasteiger partial charge in [-0.1, -0.05) is 156 Å². The number of aryl methyl sites for hydroxylation is 1. The molecule has 2 saturated carbocycles. The number of rotatable bonds is 15. The number of alkyl halides is 2. The third kappa shape index (κ3) is 14.6. The molecule has 1 unspecified atom stereocenters. The van der Waals surface area contributed by atoms with Crippen LogP contribution in [-0.2, 0) is 31.5 Å². The highest BCUT2D eigenvalue weighted by Crippen LogP contribution is 2.61. The molecule has 7 atom stereocenters. The molecule has 3 aliphatic carbocycles. The molecule has 6 aromatic rings. The number of nitriles is 2. The van der Waals surface area contributed by atoms with Crippen molar-refractivity contribution < 1.29 is 50.9 Å². The first-order valence-electron chi connectivity index (χ1n) is 25.7. The summed E-state index contributed by atoms with van der Waals surface area (Å²) >= 11 is 22.8. The van der Waals surface area contributed by atoms with Crippen molar-refractivity contribution in [2.24, 2.45) is 41.5 Å². The second kappa shape index (κ2) is 25.8. The maximum Gasteiger partial charge on any atom is 0.311 e. The van der Waals surface area contributed by atoms with Crippen LogP contribution in [0, 0.1) is 68.8 Å². The number of benzene rings is 5. The topological polar surface area (TPSA) is 166 Å². The number of amides is 1. The van der Waals surface area contributed by atoms with Gasteiger partial charge in [-0.2, -0.15) is 15.6 Å². The van der Waals surface area contributed by atoms with Crippen LogP contribution in [0.3, 0.4) is 0 Å². The predicted molar refractivity (Wildman–Crippen MR) is 304 cm³/mol. The number of nitrogens with one attached hydrogen (secondary N) is 1. The first-order chi connectivity index (χ1) is 38.7. The summed E-state index contributed by atoms with van der Waals surface area (Å²) in [6.45, 7) is 14.0. The Labute approximate surface area is 493 Å². The fourth-order valence-electron chi connectivity index (χ4n) is 10.4. The number of para-hydroxylation sites is 2. The molecular weight excluding hydrogens is 1140 g/mol. The normalized spacial score (nSPS) is 19.7. The fraction of sp³-hybridized carbons (Fsp3) is 0.323. The summed E-state index contributed by atoms with van der Waals surface area (Å²) in [5.74, 6) is -3.03. The highest BCUT2D eigenvalue weighted by molar-refractivity contribution is 6.56. The molecular formula is C62H57Cl4F4N5O7. The molecule has 12 nitrogen and oxygen atoms in total. The lowest BCUT2D eigenvalue weighted by molar-refractivity contribution is -0.150. The number of carbonyl (C=O) groups is 3. The molecule has 0 aliphatic heterocycles. The Hall–Kier alpha value is -7.34. The van der Waals surface area contributed by atoms with Crippen LogP contribution in [0.2, 0.25) is 0 Å². The van der Waals surface area contributed by atoms with Crippen LogP contribution in [0.5, 0.6) is 23.0 Å². The number of hydrogen-bond acceptors (Lipinski definition) is 10. The Morgan fingerprint density at radius 3 is 1.56 bits per heavy atom. The lowest BCUT2D eigenvalue weighted by Gasteiger charge is -2.19. The van der Waals surface area contributed by atoms with Gasteiger partial charge in [0.25, 0.3) is 12.3 Å².